The van der Waals surface area contributed by atoms with Gasteiger partial charge in [-0.1, -0.05) is 13.8 Å². The lowest BCUT2D eigenvalue weighted by atomic mass is 9.80. The molecule has 1 saturated heterocycles. The van der Waals surface area contributed by atoms with Gasteiger partial charge in [0.1, 0.15) is 0 Å². The molecule has 1 aliphatic heterocycles. The Bertz CT molecular complexity index is 347. The summed E-state index contributed by atoms with van der Waals surface area (Å²) in [7, 11) is 1.82. The van der Waals surface area contributed by atoms with Gasteiger partial charge in [-0.2, -0.15) is 0 Å². The van der Waals surface area contributed by atoms with Crippen molar-refractivity contribution in [3.05, 3.63) is 0 Å². The number of carboxylic acids is 1. The zero-order valence-corrected chi connectivity index (χ0v) is 12.6. The Morgan fingerprint density at radius 3 is 2.05 bits per heavy atom. The number of carbonyl (C=O) groups excluding carboxylic acids is 1. The van der Waals surface area contributed by atoms with Gasteiger partial charge in [-0.05, 0) is 32.6 Å². The fourth-order valence-corrected chi connectivity index (χ4v) is 2.25. The molecule has 1 unspecified atom stereocenters. The number of urea groups is 1. The predicted octanol–water partition coefficient (Wildman–Crippen LogP) is 2.27. The molecule has 1 N–H and O–H groups in total. The van der Waals surface area contributed by atoms with Crippen LogP contribution in [0.25, 0.3) is 0 Å². The molecule has 0 aromatic rings. The standard InChI is InChI=1S/C14H26N2O3/c1-10(2)11(3)15(5)13(19)16-8-6-14(4,7-9-16)12(17)18/h10-11H,6-9H2,1-5H3,(H,17,18). The van der Waals surface area contributed by atoms with Crippen LogP contribution in [0.1, 0.15) is 40.5 Å². The maximum atomic E-state index is 12.3. The van der Waals surface area contributed by atoms with Crippen molar-refractivity contribution < 1.29 is 14.7 Å². The molecule has 110 valence electrons. The summed E-state index contributed by atoms with van der Waals surface area (Å²) in [5.41, 5.74) is -0.682. The van der Waals surface area contributed by atoms with Gasteiger partial charge in [-0.25, -0.2) is 4.79 Å². The summed E-state index contributed by atoms with van der Waals surface area (Å²) in [6.07, 6.45) is 1.05. The van der Waals surface area contributed by atoms with Crippen LogP contribution in [0.5, 0.6) is 0 Å². The molecule has 0 spiro atoms. The summed E-state index contributed by atoms with van der Waals surface area (Å²) < 4.78 is 0. The van der Waals surface area contributed by atoms with E-state index in [2.05, 4.69) is 13.8 Å². The van der Waals surface area contributed by atoms with Gasteiger partial charge in [0.05, 0.1) is 5.41 Å². The number of carbonyl (C=O) groups is 2. The number of amides is 2. The Labute approximate surface area is 115 Å². The number of hydrogen-bond acceptors (Lipinski definition) is 2. The van der Waals surface area contributed by atoms with Crippen molar-refractivity contribution in [3.63, 3.8) is 0 Å². The summed E-state index contributed by atoms with van der Waals surface area (Å²) in [6.45, 7) is 9.03. The highest BCUT2D eigenvalue weighted by atomic mass is 16.4. The largest absolute Gasteiger partial charge is 0.481 e. The Balaban J connectivity index is 2.61. The van der Waals surface area contributed by atoms with Gasteiger partial charge < -0.3 is 14.9 Å². The topological polar surface area (TPSA) is 60.9 Å². The maximum Gasteiger partial charge on any atom is 0.319 e. The Morgan fingerprint density at radius 2 is 1.68 bits per heavy atom. The molecule has 0 aromatic heterocycles. The Kier molecular flexibility index (Phi) is 4.82. The van der Waals surface area contributed by atoms with E-state index in [0.29, 0.717) is 31.8 Å². The van der Waals surface area contributed by atoms with Crippen LogP contribution in [0, 0.1) is 11.3 Å². The minimum absolute atomic E-state index is 0.00800. The van der Waals surface area contributed by atoms with Crippen LogP contribution in [0.2, 0.25) is 0 Å². The van der Waals surface area contributed by atoms with Gasteiger partial charge in [0.15, 0.2) is 0 Å². The lowest BCUT2D eigenvalue weighted by Gasteiger charge is -2.39. The van der Waals surface area contributed by atoms with Gasteiger partial charge >= 0.3 is 12.0 Å². The zero-order chi connectivity index (χ0) is 14.8. The highest BCUT2D eigenvalue weighted by Crippen LogP contribution is 2.31. The van der Waals surface area contributed by atoms with Crippen molar-refractivity contribution in [2.45, 2.75) is 46.6 Å². The number of likely N-dealkylation sites (tertiary alicyclic amines) is 1. The van der Waals surface area contributed by atoms with E-state index in [1.165, 1.54) is 0 Å². The van der Waals surface area contributed by atoms with E-state index in [4.69, 9.17) is 0 Å². The lowest BCUT2D eigenvalue weighted by molar-refractivity contribution is -0.150. The van der Waals surface area contributed by atoms with Gasteiger partial charge in [-0.15, -0.1) is 0 Å². The van der Waals surface area contributed by atoms with E-state index in [9.17, 15) is 14.7 Å². The highest BCUT2D eigenvalue weighted by Gasteiger charge is 2.38. The summed E-state index contributed by atoms with van der Waals surface area (Å²) in [6, 6.07) is 0.189. The molecule has 0 bridgehead atoms. The van der Waals surface area contributed by atoms with E-state index in [0.717, 1.165) is 0 Å². The van der Waals surface area contributed by atoms with Crippen molar-refractivity contribution in [2.24, 2.45) is 11.3 Å². The number of aliphatic carboxylic acids is 1. The second-order valence-corrected chi connectivity index (χ2v) is 6.23. The maximum absolute atomic E-state index is 12.3. The van der Waals surface area contributed by atoms with Crippen molar-refractivity contribution in [1.29, 1.82) is 0 Å². The first-order valence-electron chi connectivity index (χ1n) is 6.94. The van der Waals surface area contributed by atoms with Crippen molar-refractivity contribution >= 4 is 12.0 Å². The monoisotopic (exact) mass is 270 g/mol. The first-order valence-corrected chi connectivity index (χ1v) is 6.94. The molecule has 0 saturated carbocycles. The van der Waals surface area contributed by atoms with Crippen molar-refractivity contribution in [1.82, 2.24) is 9.80 Å². The van der Waals surface area contributed by atoms with Crippen molar-refractivity contribution in [3.8, 4) is 0 Å². The molecule has 0 aromatic carbocycles. The van der Waals surface area contributed by atoms with Gasteiger partial charge in [0, 0.05) is 26.2 Å². The van der Waals surface area contributed by atoms with Crippen LogP contribution in [0.15, 0.2) is 0 Å². The van der Waals surface area contributed by atoms with Gasteiger partial charge in [0.25, 0.3) is 0 Å². The molecule has 19 heavy (non-hydrogen) atoms. The van der Waals surface area contributed by atoms with Gasteiger partial charge in [0.2, 0.25) is 0 Å². The molecule has 0 radical (unpaired) electrons. The Morgan fingerprint density at radius 1 is 1.21 bits per heavy atom. The third-order valence-electron chi connectivity index (χ3n) is 4.53. The van der Waals surface area contributed by atoms with E-state index in [-0.39, 0.29) is 12.1 Å². The fourth-order valence-electron chi connectivity index (χ4n) is 2.25. The van der Waals surface area contributed by atoms with Crippen molar-refractivity contribution in [2.75, 3.05) is 20.1 Å². The number of carboxylic acid groups (broad SMARTS) is 1. The van der Waals surface area contributed by atoms with Gasteiger partial charge in [-0.3, -0.25) is 4.79 Å². The van der Waals surface area contributed by atoms with E-state index in [1.54, 1.807) is 16.7 Å². The zero-order valence-electron chi connectivity index (χ0n) is 12.6. The highest BCUT2D eigenvalue weighted by molar-refractivity contribution is 5.77. The molecule has 1 fully saturated rings. The second kappa shape index (κ2) is 5.80. The molecule has 5 heteroatoms. The number of piperidine rings is 1. The number of hydrogen-bond donors (Lipinski definition) is 1. The summed E-state index contributed by atoms with van der Waals surface area (Å²) >= 11 is 0. The van der Waals surface area contributed by atoms with Crippen LogP contribution >= 0.6 is 0 Å². The number of rotatable bonds is 3. The third-order valence-corrected chi connectivity index (χ3v) is 4.53. The van der Waals surface area contributed by atoms with Crippen LogP contribution in [0.4, 0.5) is 4.79 Å². The molecular weight excluding hydrogens is 244 g/mol. The average Bonchev–Trinajstić information content (AvgIpc) is 2.36. The van der Waals surface area contributed by atoms with Crippen LogP contribution in [-0.4, -0.2) is 53.1 Å². The molecule has 5 nitrogen and oxygen atoms in total. The SMILES string of the molecule is CC(C)C(C)N(C)C(=O)N1CCC(C)(C(=O)O)CC1. The average molecular weight is 270 g/mol. The molecule has 1 rings (SSSR count). The summed E-state index contributed by atoms with van der Waals surface area (Å²) in [5, 5.41) is 9.18. The molecule has 1 heterocycles. The summed E-state index contributed by atoms with van der Waals surface area (Å²) in [4.78, 5) is 27.0. The van der Waals surface area contributed by atoms with Crippen LogP contribution < -0.4 is 0 Å². The predicted molar refractivity (Wildman–Crippen MR) is 74.0 cm³/mol. The van der Waals surface area contributed by atoms with E-state index < -0.39 is 11.4 Å². The summed E-state index contributed by atoms with van der Waals surface area (Å²) in [5.74, 6) is -0.355. The molecular formula is C14H26N2O3. The molecule has 1 aliphatic rings. The first-order chi connectivity index (χ1) is 8.69. The third kappa shape index (κ3) is 3.39. The first kappa shape index (κ1) is 15.8. The molecule has 0 aliphatic carbocycles. The minimum atomic E-state index is -0.761. The molecule has 1 atom stereocenters. The van der Waals surface area contributed by atoms with E-state index in [1.807, 2.05) is 14.0 Å². The fraction of sp³-hybridized carbons (Fsp3) is 0.857. The molecule has 2 amide bonds. The van der Waals surface area contributed by atoms with E-state index >= 15 is 0 Å². The normalized spacial score (nSPS) is 20.2. The smallest absolute Gasteiger partial charge is 0.319 e. The van der Waals surface area contributed by atoms with Crippen LogP contribution in [0.3, 0.4) is 0 Å². The Hall–Kier alpha value is -1.26. The minimum Gasteiger partial charge on any atom is -0.481 e. The number of nitrogens with zero attached hydrogens (tertiary/aromatic N) is 2. The quantitative estimate of drug-likeness (QED) is 0.855. The van der Waals surface area contributed by atoms with Crippen LogP contribution in [-0.2, 0) is 4.79 Å². The lowest BCUT2D eigenvalue weighted by Crippen LogP contribution is -2.51. The second-order valence-electron chi connectivity index (χ2n) is 6.23.